The maximum Gasteiger partial charge on any atom is 0.170 e. The lowest BCUT2D eigenvalue weighted by molar-refractivity contribution is -0.276. The molecular formula is C11H7F2O2-. The van der Waals surface area contributed by atoms with E-state index in [-0.39, 0.29) is 17.1 Å². The van der Waals surface area contributed by atoms with E-state index < -0.39 is 17.4 Å². The SMILES string of the molecule is C=C1C=C(C)c2cc(F)c([O-])c(F)c2O1. The van der Waals surface area contributed by atoms with Gasteiger partial charge in [-0.2, -0.15) is 0 Å². The summed E-state index contributed by atoms with van der Waals surface area (Å²) in [6, 6.07) is 0.971. The van der Waals surface area contributed by atoms with Gasteiger partial charge in [-0.15, -0.1) is 0 Å². The van der Waals surface area contributed by atoms with Gasteiger partial charge in [-0.3, -0.25) is 0 Å². The number of benzene rings is 1. The van der Waals surface area contributed by atoms with Gasteiger partial charge in [0.25, 0.3) is 0 Å². The molecule has 0 saturated carbocycles. The number of rotatable bonds is 0. The Labute approximate surface area is 85.1 Å². The van der Waals surface area contributed by atoms with Crippen LogP contribution in [0.25, 0.3) is 5.57 Å². The standard InChI is InChI=1S/C11H8F2O2/c1-5-3-6(2)15-11-7(5)4-8(12)10(14)9(11)13/h3-4,14H,2H2,1H3/p-1. The van der Waals surface area contributed by atoms with Crippen molar-refractivity contribution in [2.75, 3.05) is 0 Å². The van der Waals surface area contributed by atoms with Crippen LogP contribution in [-0.2, 0) is 0 Å². The molecule has 0 N–H and O–H groups in total. The highest BCUT2D eigenvalue weighted by molar-refractivity contribution is 5.74. The summed E-state index contributed by atoms with van der Waals surface area (Å²) in [7, 11) is 0. The minimum absolute atomic E-state index is 0.227. The average Bonchev–Trinajstić information content (AvgIpc) is 2.17. The van der Waals surface area contributed by atoms with Crippen molar-refractivity contribution < 1.29 is 18.6 Å². The number of halogens is 2. The van der Waals surface area contributed by atoms with Crippen molar-refractivity contribution in [3.63, 3.8) is 0 Å². The third-order valence-electron chi connectivity index (χ3n) is 2.17. The summed E-state index contributed by atoms with van der Waals surface area (Å²) in [4.78, 5) is 0. The van der Waals surface area contributed by atoms with E-state index in [1.54, 1.807) is 13.0 Å². The van der Waals surface area contributed by atoms with Crippen LogP contribution in [0.3, 0.4) is 0 Å². The summed E-state index contributed by atoms with van der Waals surface area (Å²) in [5, 5.41) is 11.0. The molecule has 0 atom stereocenters. The first kappa shape index (κ1) is 9.71. The molecule has 0 bridgehead atoms. The lowest BCUT2D eigenvalue weighted by Gasteiger charge is -2.21. The molecule has 1 aromatic carbocycles. The quantitative estimate of drug-likeness (QED) is 0.656. The Bertz CT molecular complexity index is 490. The van der Waals surface area contributed by atoms with Crippen LogP contribution in [0.1, 0.15) is 12.5 Å². The van der Waals surface area contributed by atoms with Gasteiger partial charge < -0.3 is 9.84 Å². The van der Waals surface area contributed by atoms with Gasteiger partial charge in [-0.1, -0.05) is 6.58 Å². The first-order chi connectivity index (χ1) is 7.00. The Balaban J connectivity index is 2.75. The topological polar surface area (TPSA) is 32.3 Å². The summed E-state index contributed by atoms with van der Waals surface area (Å²) >= 11 is 0. The van der Waals surface area contributed by atoms with Crippen LogP contribution in [0.5, 0.6) is 11.5 Å². The molecule has 0 radical (unpaired) electrons. The van der Waals surface area contributed by atoms with Crippen LogP contribution < -0.4 is 9.84 Å². The highest BCUT2D eigenvalue weighted by Crippen LogP contribution is 2.38. The highest BCUT2D eigenvalue weighted by atomic mass is 19.1. The molecule has 0 saturated heterocycles. The number of allylic oxidation sites excluding steroid dienone is 2. The zero-order valence-electron chi connectivity index (χ0n) is 7.93. The Hall–Kier alpha value is -1.84. The van der Waals surface area contributed by atoms with Crippen LogP contribution >= 0.6 is 0 Å². The second kappa shape index (κ2) is 3.08. The van der Waals surface area contributed by atoms with Gasteiger partial charge in [0, 0.05) is 5.56 Å². The molecule has 0 aromatic heterocycles. The van der Waals surface area contributed by atoms with Crippen LogP contribution in [0, 0.1) is 11.6 Å². The summed E-state index contributed by atoms with van der Waals surface area (Å²) in [5.41, 5.74) is 0.857. The summed E-state index contributed by atoms with van der Waals surface area (Å²) in [5.74, 6) is -3.62. The molecule has 0 unspecified atom stereocenters. The van der Waals surface area contributed by atoms with Crippen molar-refractivity contribution in [1.82, 2.24) is 0 Å². The van der Waals surface area contributed by atoms with E-state index in [1.165, 1.54) is 0 Å². The molecule has 15 heavy (non-hydrogen) atoms. The van der Waals surface area contributed by atoms with Crippen molar-refractivity contribution in [2.45, 2.75) is 6.92 Å². The molecule has 2 nitrogen and oxygen atoms in total. The third-order valence-corrected chi connectivity index (χ3v) is 2.17. The van der Waals surface area contributed by atoms with Crippen molar-refractivity contribution in [1.29, 1.82) is 0 Å². The molecule has 1 aliphatic heterocycles. The molecule has 0 fully saturated rings. The monoisotopic (exact) mass is 209 g/mol. The lowest BCUT2D eigenvalue weighted by Crippen LogP contribution is -2.08. The largest absolute Gasteiger partial charge is 0.868 e. The number of ether oxygens (including phenoxy) is 1. The van der Waals surface area contributed by atoms with Gasteiger partial charge in [0.2, 0.25) is 0 Å². The fourth-order valence-corrected chi connectivity index (χ4v) is 1.46. The molecule has 1 aromatic rings. The van der Waals surface area contributed by atoms with E-state index in [1.807, 2.05) is 0 Å². The van der Waals surface area contributed by atoms with Crippen molar-refractivity contribution in [2.24, 2.45) is 0 Å². The molecule has 1 aliphatic rings. The van der Waals surface area contributed by atoms with Gasteiger partial charge in [-0.25, -0.2) is 8.78 Å². The second-order valence-electron chi connectivity index (χ2n) is 3.27. The van der Waals surface area contributed by atoms with Gasteiger partial charge in [0.1, 0.15) is 11.6 Å². The average molecular weight is 209 g/mol. The van der Waals surface area contributed by atoms with E-state index in [2.05, 4.69) is 6.58 Å². The predicted octanol–water partition coefficient (Wildman–Crippen LogP) is 2.35. The van der Waals surface area contributed by atoms with Gasteiger partial charge in [-0.05, 0) is 30.4 Å². The van der Waals surface area contributed by atoms with Crippen molar-refractivity contribution in [3.8, 4) is 11.5 Å². The minimum Gasteiger partial charge on any atom is -0.868 e. The van der Waals surface area contributed by atoms with Gasteiger partial charge in [0.05, 0.1) is 0 Å². The molecule has 0 amide bonds. The molecule has 78 valence electrons. The maximum absolute atomic E-state index is 13.3. The third kappa shape index (κ3) is 1.38. The summed E-state index contributed by atoms with van der Waals surface area (Å²) < 4.78 is 31.3. The van der Waals surface area contributed by atoms with Crippen LogP contribution in [0.4, 0.5) is 8.78 Å². The van der Waals surface area contributed by atoms with E-state index in [9.17, 15) is 13.9 Å². The van der Waals surface area contributed by atoms with E-state index in [0.29, 0.717) is 5.57 Å². The Kier molecular flexibility index (Phi) is 2.00. The van der Waals surface area contributed by atoms with Crippen LogP contribution in [-0.4, -0.2) is 0 Å². The zero-order chi connectivity index (χ0) is 11.2. The van der Waals surface area contributed by atoms with Gasteiger partial charge >= 0.3 is 0 Å². The number of fused-ring (bicyclic) bond motifs is 1. The van der Waals surface area contributed by atoms with E-state index >= 15 is 0 Å². The normalized spacial score (nSPS) is 14.3. The van der Waals surface area contributed by atoms with Crippen LogP contribution in [0.2, 0.25) is 0 Å². The highest BCUT2D eigenvalue weighted by Gasteiger charge is 2.20. The van der Waals surface area contributed by atoms with Gasteiger partial charge in [0.15, 0.2) is 11.6 Å². The molecule has 0 aliphatic carbocycles. The van der Waals surface area contributed by atoms with Crippen LogP contribution in [0.15, 0.2) is 24.5 Å². The summed E-state index contributed by atoms with van der Waals surface area (Å²) in [6.07, 6.45) is 1.55. The Morgan fingerprint density at radius 1 is 1.40 bits per heavy atom. The Morgan fingerprint density at radius 2 is 2.07 bits per heavy atom. The predicted molar refractivity (Wildman–Crippen MR) is 49.2 cm³/mol. The molecule has 2 rings (SSSR count). The fourth-order valence-electron chi connectivity index (χ4n) is 1.46. The molecular weight excluding hydrogens is 202 g/mol. The van der Waals surface area contributed by atoms with E-state index in [0.717, 1.165) is 6.07 Å². The molecule has 1 heterocycles. The van der Waals surface area contributed by atoms with Crippen molar-refractivity contribution in [3.05, 3.63) is 41.7 Å². The maximum atomic E-state index is 13.3. The van der Waals surface area contributed by atoms with Crippen molar-refractivity contribution >= 4 is 5.57 Å². The lowest BCUT2D eigenvalue weighted by atomic mass is 10.0. The molecule has 0 spiro atoms. The van der Waals surface area contributed by atoms with E-state index in [4.69, 9.17) is 4.74 Å². The fraction of sp³-hybridized carbons (Fsp3) is 0.0909. The molecule has 4 heteroatoms. The smallest absolute Gasteiger partial charge is 0.170 e. The summed E-state index contributed by atoms with van der Waals surface area (Å²) in [6.45, 7) is 5.16. The number of hydrogen-bond acceptors (Lipinski definition) is 2. The second-order valence-corrected chi connectivity index (χ2v) is 3.27. The zero-order valence-corrected chi connectivity index (χ0v) is 7.93. The Morgan fingerprint density at radius 3 is 2.73 bits per heavy atom. The number of hydrogen-bond donors (Lipinski definition) is 0. The minimum atomic E-state index is -1.28. The first-order valence-electron chi connectivity index (χ1n) is 4.25. The first-order valence-corrected chi connectivity index (χ1v) is 4.25.